The summed E-state index contributed by atoms with van der Waals surface area (Å²) >= 11 is 1.55. The van der Waals surface area contributed by atoms with Crippen LogP contribution in [0.5, 0.6) is 0 Å². The summed E-state index contributed by atoms with van der Waals surface area (Å²) in [5, 5.41) is 18.6. The van der Waals surface area contributed by atoms with Crippen molar-refractivity contribution < 1.29 is 22.9 Å². The Morgan fingerprint density at radius 3 is 2.31 bits per heavy atom. The van der Waals surface area contributed by atoms with E-state index in [0.29, 0.717) is 12.3 Å². The summed E-state index contributed by atoms with van der Waals surface area (Å²) in [7, 11) is -3.67. The van der Waals surface area contributed by atoms with E-state index in [2.05, 4.69) is 14.9 Å². The Hall–Kier alpha value is -2.47. The van der Waals surface area contributed by atoms with Gasteiger partial charge in [-0.15, -0.1) is 11.3 Å². The normalized spacial score (nSPS) is 17.6. The van der Waals surface area contributed by atoms with Gasteiger partial charge in [0, 0.05) is 29.9 Å². The number of hydrogen-bond acceptors (Lipinski definition) is 7. The van der Waals surface area contributed by atoms with E-state index in [1.54, 1.807) is 11.3 Å². The molecule has 1 saturated heterocycles. The fraction of sp³-hybridized carbons (Fsp3) is 0.520. The molecule has 196 valence electrons. The molecule has 1 amide bonds. The molecular weight excluding hydrogens is 500 g/mol. The third-order valence-corrected chi connectivity index (χ3v) is 7.79. The molecule has 0 unspecified atom stereocenters. The summed E-state index contributed by atoms with van der Waals surface area (Å²) in [6.45, 7) is 3.77. The standard InChI is InChI=1S/C24H30N4O2S.CH4O3S/c1-16-21-15-22(31-24(21)28(26-16)19-5-3-2-4-6-19)23(30)25-17-7-9-18(10-8-17)27-13-11-20(29)12-14-27;1-5(2,3)4/h7-10,15,19-20,29H,2-6,11-14H2,1H3,(H,25,30);1H3,(H,2,3,4). The van der Waals surface area contributed by atoms with Crippen LogP contribution in [0.2, 0.25) is 0 Å². The number of aryl methyl sites for hydroxylation is 1. The molecule has 1 aliphatic carbocycles. The Labute approximate surface area is 215 Å². The Balaban J connectivity index is 0.000000556. The van der Waals surface area contributed by atoms with Gasteiger partial charge in [-0.25, -0.2) is 0 Å². The van der Waals surface area contributed by atoms with Crippen molar-refractivity contribution in [3.8, 4) is 0 Å². The van der Waals surface area contributed by atoms with E-state index >= 15 is 0 Å². The molecular formula is C25H34N4O5S2. The first-order valence-electron chi connectivity index (χ1n) is 12.3. The average molecular weight is 535 g/mol. The number of hydrogen-bond donors (Lipinski definition) is 3. The predicted octanol–water partition coefficient (Wildman–Crippen LogP) is 4.63. The molecule has 1 aliphatic heterocycles. The third kappa shape index (κ3) is 6.84. The van der Waals surface area contributed by atoms with Crippen LogP contribution in [0, 0.1) is 6.92 Å². The lowest BCUT2D eigenvalue weighted by atomic mass is 9.96. The lowest BCUT2D eigenvalue weighted by Crippen LogP contribution is -2.35. The molecule has 3 N–H and O–H groups in total. The fourth-order valence-corrected chi connectivity index (χ4v) is 5.96. The molecule has 0 atom stereocenters. The van der Waals surface area contributed by atoms with Crippen LogP contribution in [0.3, 0.4) is 0 Å². The molecule has 2 aromatic heterocycles. The molecule has 36 heavy (non-hydrogen) atoms. The van der Waals surface area contributed by atoms with E-state index < -0.39 is 10.1 Å². The maximum atomic E-state index is 12.9. The van der Waals surface area contributed by atoms with E-state index in [4.69, 9.17) is 9.65 Å². The van der Waals surface area contributed by atoms with Crippen molar-refractivity contribution in [3.63, 3.8) is 0 Å². The quantitative estimate of drug-likeness (QED) is 0.417. The minimum absolute atomic E-state index is 0.0651. The van der Waals surface area contributed by atoms with Gasteiger partial charge >= 0.3 is 0 Å². The van der Waals surface area contributed by atoms with Crippen molar-refractivity contribution in [1.82, 2.24) is 9.78 Å². The molecule has 0 radical (unpaired) electrons. The van der Waals surface area contributed by atoms with Gasteiger partial charge in [0.2, 0.25) is 0 Å². The number of fused-ring (bicyclic) bond motifs is 1. The third-order valence-electron chi connectivity index (χ3n) is 6.67. The summed E-state index contributed by atoms with van der Waals surface area (Å²) in [6.07, 6.45) is 8.35. The number of nitrogens with zero attached hydrogens (tertiary/aromatic N) is 3. The highest BCUT2D eigenvalue weighted by atomic mass is 32.2. The van der Waals surface area contributed by atoms with Crippen molar-refractivity contribution in [1.29, 1.82) is 0 Å². The van der Waals surface area contributed by atoms with Gasteiger partial charge in [-0.05, 0) is 62.9 Å². The second kappa shape index (κ2) is 11.3. The summed E-state index contributed by atoms with van der Waals surface area (Å²) in [4.78, 5) is 17.1. The van der Waals surface area contributed by atoms with Gasteiger partial charge in [-0.2, -0.15) is 13.5 Å². The monoisotopic (exact) mass is 534 g/mol. The molecule has 0 spiro atoms. The topological polar surface area (TPSA) is 125 Å². The first-order chi connectivity index (χ1) is 17.1. The maximum Gasteiger partial charge on any atom is 0.265 e. The zero-order chi connectivity index (χ0) is 25.9. The lowest BCUT2D eigenvalue weighted by molar-refractivity contribution is 0.103. The highest BCUT2D eigenvalue weighted by Gasteiger charge is 2.23. The van der Waals surface area contributed by atoms with Crippen molar-refractivity contribution in [2.45, 2.75) is 64.0 Å². The smallest absolute Gasteiger partial charge is 0.265 e. The number of aliphatic hydroxyl groups excluding tert-OH is 1. The Morgan fingerprint density at radius 1 is 1.08 bits per heavy atom. The number of aliphatic hydroxyl groups is 1. The van der Waals surface area contributed by atoms with Crippen LogP contribution in [0.25, 0.3) is 10.2 Å². The predicted molar refractivity (Wildman–Crippen MR) is 144 cm³/mol. The van der Waals surface area contributed by atoms with Crippen LogP contribution in [0.1, 0.15) is 66.4 Å². The first-order valence-corrected chi connectivity index (χ1v) is 15.0. The summed E-state index contributed by atoms with van der Waals surface area (Å²) < 4.78 is 28.0. The van der Waals surface area contributed by atoms with E-state index in [-0.39, 0.29) is 12.0 Å². The molecule has 11 heteroatoms. The SMILES string of the molecule is CS(=O)(=O)O.Cc1nn(C2CCCCC2)c2sc(C(=O)Nc3ccc(N4CCC(O)CC4)cc3)cc12. The van der Waals surface area contributed by atoms with Crippen LogP contribution < -0.4 is 10.2 Å². The molecule has 2 aliphatic rings. The van der Waals surface area contributed by atoms with Crippen LogP contribution in [-0.2, 0) is 10.1 Å². The van der Waals surface area contributed by atoms with Gasteiger partial charge in [-0.1, -0.05) is 19.3 Å². The highest BCUT2D eigenvalue weighted by molar-refractivity contribution is 7.85. The number of benzene rings is 1. The summed E-state index contributed by atoms with van der Waals surface area (Å²) in [6, 6.07) is 10.5. The van der Waals surface area contributed by atoms with Crippen LogP contribution in [0.4, 0.5) is 11.4 Å². The maximum absolute atomic E-state index is 12.9. The van der Waals surface area contributed by atoms with Gasteiger partial charge in [-0.3, -0.25) is 14.0 Å². The molecule has 3 aromatic rings. The van der Waals surface area contributed by atoms with Gasteiger partial charge in [0.15, 0.2) is 0 Å². The van der Waals surface area contributed by atoms with E-state index in [0.717, 1.165) is 58.1 Å². The Bertz CT molecular complexity index is 1280. The number of nitrogens with one attached hydrogen (secondary N) is 1. The minimum atomic E-state index is -3.67. The fourth-order valence-electron chi connectivity index (χ4n) is 4.83. The second-order valence-corrected chi connectivity index (χ2v) is 12.1. The zero-order valence-corrected chi connectivity index (χ0v) is 22.3. The highest BCUT2D eigenvalue weighted by Crippen LogP contribution is 2.35. The van der Waals surface area contributed by atoms with Gasteiger partial charge in [0.25, 0.3) is 16.0 Å². The number of anilines is 2. The Kier molecular flexibility index (Phi) is 8.34. The average Bonchev–Trinajstić information content (AvgIpc) is 3.40. The molecule has 1 aromatic carbocycles. The number of carbonyl (C=O) groups is 1. The molecule has 3 heterocycles. The molecule has 5 rings (SSSR count). The van der Waals surface area contributed by atoms with E-state index in [1.165, 1.54) is 32.1 Å². The second-order valence-electron chi connectivity index (χ2n) is 9.60. The number of amides is 1. The number of carbonyl (C=O) groups excluding carboxylic acids is 1. The van der Waals surface area contributed by atoms with Gasteiger partial charge in [0.1, 0.15) is 4.83 Å². The molecule has 9 nitrogen and oxygen atoms in total. The number of piperidine rings is 1. The van der Waals surface area contributed by atoms with Crippen LogP contribution in [-0.4, -0.2) is 59.2 Å². The van der Waals surface area contributed by atoms with Crippen LogP contribution in [0.15, 0.2) is 30.3 Å². The summed E-state index contributed by atoms with van der Waals surface area (Å²) in [5.41, 5.74) is 2.94. The van der Waals surface area contributed by atoms with Crippen molar-refractivity contribution >= 4 is 49.0 Å². The van der Waals surface area contributed by atoms with E-state index in [9.17, 15) is 18.3 Å². The molecule has 0 bridgehead atoms. The lowest BCUT2D eigenvalue weighted by Gasteiger charge is -2.31. The van der Waals surface area contributed by atoms with Gasteiger partial charge in [0.05, 0.1) is 29.0 Å². The van der Waals surface area contributed by atoms with E-state index in [1.807, 2.05) is 37.3 Å². The minimum Gasteiger partial charge on any atom is -0.393 e. The van der Waals surface area contributed by atoms with Crippen molar-refractivity contribution in [2.75, 3.05) is 29.6 Å². The number of thiophene rings is 1. The van der Waals surface area contributed by atoms with Crippen molar-refractivity contribution in [2.24, 2.45) is 0 Å². The Morgan fingerprint density at radius 2 is 1.69 bits per heavy atom. The van der Waals surface area contributed by atoms with Crippen LogP contribution >= 0.6 is 11.3 Å². The first kappa shape index (κ1) is 26.6. The van der Waals surface area contributed by atoms with Crippen molar-refractivity contribution in [3.05, 3.63) is 40.9 Å². The zero-order valence-electron chi connectivity index (χ0n) is 20.7. The largest absolute Gasteiger partial charge is 0.393 e. The number of aromatic nitrogens is 2. The molecule has 2 fully saturated rings. The van der Waals surface area contributed by atoms with Gasteiger partial charge < -0.3 is 15.3 Å². The number of rotatable bonds is 4. The molecule has 1 saturated carbocycles. The summed E-state index contributed by atoms with van der Waals surface area (Å²) in [5.74, 6) is -0.0651.